The van der Waals surface area contributed by atoms with Crippen LogP contribution in [0.25, 0.3) is 0 Å². The highest BCUT2D eigenvalue weighted by atomic mass is 79.9. The Balaban J connectivity index is 1.69. The summed E-state index contributed by atoms with van der Waals surface area (Å²) < 4.78 is 22.1. The lowest BCUT2D eigenvalue weighted by Crippen LogP contribution is -2.18. The second-order valence-corrected chi connectivity index (χ2v) is 7.72. The second kappa shape index (κ2) is 11.9. The van der Waals surface area contributed by atoms with Gasteiger partial charge in [-0.2, -0.15) is 5.10 Å². The van der Waals surface area contributed by atoms with E-state index in [-0.39, 0.29) is 5.75 Å². The third-order valence-electron chi connectivity index (χ3n) is 4.58. The number of esters is 1. The van der Waals surface area contributed by atoms with Crippen LogP contribution in [0.3, 0.4) is 0 Å². The van der Waals surface area contributed by atoms with Crippen LogP contribution in [0.15, 0.2) is 70.2 Å². The smallest absolute Gasteiger partial charge is 0.343 e. The molecule has 0 radical (unpaired) electrons. The van der Waals surface area contributed by atoms with Gasteiger partial charge in [-0.05, 0) is 73.2 Å². The summed E-state index contributed by atoms with van der Waals surface area (Å²) in [4.78, 5) is 25.0. The minimum absolute atomic E-state index is 0.250. The van der Waals surface area contributed by atoms with Crippen LogP contribution >= 0.6 is 15.9 Å². The van der Waals surface area contributed by atoms with E-state index in [4.69, 9.17) is 18.9 Å². The number of hydrogen-bond acceptors (Lipinski definition) is 7. The number of nitrogens with one attached hydrogen (secondary N) is 1. The van der Waals surface area contributed by atoms with Gasteiger partial charge in [0.25, 0.3) is 5.91 Å². The number of nitrogens with zero attached hydrogens (tertiary/aromatic N) is 1. The lowest BCUT2D eigenvalue weighted by molar-refractivity contribution is 0.0729. The molecule has 9 heteroatoms. The first-order chi connectivity index (χ1) is 16.4. The lowest BCUT2D eigenvalue weighted by atomic mass is 10.2. The summed E-state index contributed by atoms with van der Waals surface area (Å²) in [5.74, 6) is 0.733. The third-order valence-corrected chi connectivity index (χ3v) is 5.08. The standard InChI is InChI=1S/C25H23BrN2O6/c1-4-33-21-12-8-18(26)14-20(21)24(29)28-27-15-16-5-11-22(23(13-16)32-3)34-25(30)17-6-9-19(31-2)10-7-17/h5-15H,4H2,1-3H3,(H,28,29)/b27-15-. The maximum absolute atomic E-state index is 12.5. The minimum Gasteiger partial charge on any atom is -0.497 e. The van der Waals surface area contributed by atoms with Crippen LogP contribution in [0.5, 0.6) is 23.0 Å². The van der Waals surface area contributed by atoms with Crippen LogP contribution in [-0.4, -0.2) is 38.9 Å². The quantitative estimate of drug-likeness (QED) is 0.185. The van der Waals surface area contributed by atoms with E-state index in [9.17, 15) is 9.59 Å². The Morgan fingerprint density at radius 1 is 0.941 bits per heavy atom. The molecule has 0 aliphatic heterocycles. The molecule has 0 unspecified atom stereocenters. The first-order valence-corrected chi connectivity index (χ1v) is 11.0. The van der Waals surface area contributed by atoms with Crippen LogP contribution < -0.4 is 24.4 Å². The SMILES string of the molecule is CCOc1ccc(Br)cc1C(=O)N/N=C\c1ccc(OC(=O)c2ccc(OC)cc2)c(OC)c1. The van der Waals surface area contributed by atoms with Gasteiger partial charge in [0.2, 0.25) is 0 Å². The van der Waals surface area contributed by atoms with Gasteiger partial charge < -0.3 is 18.9 Å². The fourth-order valence-electron chi connectivity index (χ4n) is 2.92. The Bertz CT molecular complexity index is 1190. The zero-order valence-corrected chi connectivity index (χ0v) is 20.4. The molecule has 0 aliphatic rings. The summed E-state index contributed by atoms with van der Waals surface area (Å²) in [6.07, 6.45) is 1.45. The molecular weight excluding hydrogens is 504 g/mol. The molecular formula is C25H23BrN2O6. The van der Waals surface area contributed by atoms with E-state index in [1.54, 1.807) is 67.8 Å². The molecule has 0 heterocycles. The van der Waals surface area contributed by atoms with Crippen molar-refractivity contribution in [1.29, 1.82) is 0 Å². The first kappa shape index (κ1) is 24.8. The number of benzene rings is 3. The van der Waals surface area contributed by atoms with Crippen molar-refractivity contribution in [2.75, 3.05) is 20.8 Å². The number of carbonyl (C=O) groups excluding carboxylic acids is 2. The van der Waals surface area contributed by atoms with Gasteiger partial charge in [0.15, 0.2) is 11.5 Å². The number of ether oxygens (including phenoxy) is 4. The van der Waals surface area contributed by atoms with Crippen molar-refractivity contribution < 1.29 is 28.5 Å². The highest BCUT2D eigenvalue weighted by Crippen LogP contribution is 2.29. The fourth-order valence-corrected chi connectivity index (χ4v) is 3.28. The van der Waals surface area contributed by atoms with Gasteiger partial charge >= 0.3 is 5.97 Å². The van der Waals surface area contributed by atoms with Gasteiger partial charge in [-0.15, -0.1) is 0 Å². The number of amides is 1. The minimum atomic E-state index is -0.534. The maximum Gasteiger partial charge on any atom is 0.343 e. The molecule has 3 aromatic carbocycles. The molecule has 8 nitrogen and oxygen atoms in total. The normalized spacial score (nSPS) is 10.6. The average molecular weight is 527 g/mol. The molecule has 0 atom stereocenters. The van der Waals surface area contributed by atoms with E-state index in [0.717, 1.165) is 4.47 Å². The molecule has 0 fully saturated rings. The van der Waals surface area contributed by atoms with Gasteiger partial charge in [-0.25, -0.2) is 10.2 Å². The molecule has 34 heavy (non-hydrogen) atoms. The number of halogens is 1. The first-order valence-electron chi connectivity index (χ1n) is 10.2. The van der Waals surface area contributed by atoms with Crippen molar-refractivity contribution in [3.63, 3.8) is 0 Å². The fraction of sp³-hybridized carbons (Fsp3) is 0.160. The van der Waals surface area contributed by atoms with E-state index in [1.807, 2.05) is 6.92 Å². The molecule has 3 rings (SSSR count). The van der Waals surface area contributed by atoms with Crippen molar-refractivity contribution in [2.45, 2.75) is 6.92 Å². The van der Waals surface area contributed by atoms with Crippen LogP contribution in [-0.2, 0) is 0 Å². The zero-order valence-electron chi connectivity index (χ0n) is 18.8. The zero-order chi connectivity index (χ0) is 24.5. The van der Waals surface area contributed by atoms with Crippen molar-refractivity contribution in [3.05, 3.63) is 81.8 Å². The summed E-state index contributed by atoms with van der Waals surface area (Å²) in [6.45, 7) is 2.27. The Labute approximate surface area is 205 Å². The Morgan fingerprint density at radius 2 is 1.68 bits per heavy atom. The number of hydrazone groups is 1. The summed E-state index contributed by atoms with van der Waals surface area (Å²) in [5, 5.41) is 4.01. The predicted octanol–water partition coefficient (Wildman–Crippen LogP) is 4.85. The number of rotatable bonds is 9. The number of methoxy groups -OCH3 is 2. The lowest BCUT2D eigenvalue weighted by Gasteiger charge is -2.10. The Morgan fingerprint density at radius 3 is 2.35 bits per heavy atom. The average Bonchev–Trinajstić information content (AvgIpc) is 2.85. The van der Waals surface area contributed by atoms with Gasteiger partial charge in [0, 0.05) is 4.47 Å². The van der Waals surface area contributed by atoms with E-state index in [1.165, 1.54) is 13.3 Å². The molecule has 3 aromatic rings. The highest BCUT2D eigenvalue weighted by molar-refractivity contribution is 9.10. The molecule has 0 saturated heterocycles. The summed E-state index contributed by atoms with van der Waals surface area (Å²) in [7, 11) is 3.01. The molecule has 0 aromatic heterocycles. The van der Waals surface area contributed by atoms with E-state index in [0.29, 0.717) is 40.5 Å². The second-order valence-electron chi connectivity index (χ2n) is 6.80. The molecule has 1 N–H and O–H groups in total. The van der Waals surface area contributed by atoms with Crippen molar-refractivity contribution in [1.82, 2.24) is 5.43 Å². The molecule has 0 bridgehead atoms. The molecule has 0 spiro atoms. The Kier molecular flexibility index (Phi) is 8.64. The van der Waals surface area contributed by atoms with Gasteiger partial charge in [0.1, 0.15) is 11.5 Å². The highest BCUT2D eigenvalue weighted by Gasteiger charge is 2.14. The van der Waals surface area contributed by atoms with Gasteiger partial charge in [0.05, 0.1) is 38.2 Å². The predicted molar refractivity (Wildman–Crippen MR) is 131 cm³/mol. The third kappa shape index (κ3) is 6.35. The van der Waals surface area contributed by atoms with Crippen LogP contribution in [0.4, 0.5) is 0 Å². The summed E-state index contributed by atoms with van der Waals surface area (Å²) in [6, 6.07) is 16.6. The molecule has 0 aliphatic carbocycles. The van der Waals surface area contributed by atoms with Crippen LogP contribution in [0.2, 0.25) is 0 Å². The number of carbonyl (C=O) groups is 2. The molecule has 0 saturated carbocycles. The van der Waals surface area contributed by atoms with E-state index < -0.39 is 11.9 Å². The topological polar surface area (TPSA) is 95.5 Å². The van der Waals surface area contributed by atoms with E-state index in [2.05, 4.69) is 26.5 Å². The summed E-state index contributed by atoms with van der Waals surface area (Å²) in [5.41, 5.74) is 3.83. The van der Waals surface area contributed by atoms with Crippen LogP contribution in [0.1, 0.15) is 33.2 Å². The Hall–Kier alpha value is -3.85. The largest absolute Gasteiger partial charge is 0.497 e. The maximum atomic E-state index is 12.5. The molecule has 1 amide bonds. The van der Waals surface area contributed by atoms with Crippen molar-refractivity contribution in [3.8, 4) is 23.0 Å². The van der Waals surface area contributed by atoms with Crippen LogP contribution in [0, 0.1) is 0 Å². The number of hydrogen-bond donors (Lipinski definition) is 1. The van der Waals surface area contributed by atoms with Gasteiger partial charge in [-0.1, -0.05) is 15.9 Å². The van der Waals surface area contributed by atoms with E-state index >= 15 is 0 Å². The monoisotopic (exact) mass is 526 g/mol. The van der Waals surface area contributed by atoms with Crippen molar-refractivity contribution >= 4 is 34.0 Å². The summed E-state index contributed by atoms with van der Waals surface area (Å²) >= 11 is 3.35. The van der Waals surface area contributed by atoms with Crippen molar-refractivity contribution in [2.24, 2.45) is 5.10 Å². The van der Waals surface area contributed by atoms with Gasteiger partial charge in [-0.3, -0.25) is 4.79 Å². The molecule has 176 valence electrons.